The van der Waals surface area contributed by atoms with Gasteiger partial charge in [0.2, 0.25) is 0 Å². The third-order valence-electron chi connectivity index (χ3n) is 3.99. The molecule has 8 heteroatoms. The number of aliphatic hydroxyl groups is 1. The summed E-state index contributed by atoms with van der Waals surface area (Å²) in [5.41, 5.74) is -1.48. The van der Waals surface area contributed by atoms with Crippen LogP contribution in [0.1, 0.15) is 39.2 Å². The Morgan fingerprint density at radius 3 is 2.46 bits per heavy atom. The Balaban J connectivity index is 2.26. The van der Waals surface area contributed by atoms with Crippen molar-refractivity contribution in [2.75, 3.05) is 12.8 Å². The van der Waals surface area contributed by atoms with Crippen LogP contribution in [0.5, 0.6) is 0 Å². The number of likely N-dealkylation sites (tertiary alicyclic amines) is 1. The molecule has 0 aliphatic carbocycles. The number of carbonyl (C=O) groups is 1. The molecular formula is C18H27NO6S. The monoisotopic (exact) mass is 385 g/mol. The number of hydrogen-bond donors (Lipinski definition) is 1. The van der Waals surface area contributed by atoms with Crippen LogP contribution in [0.15, 0.2) is 30.3 Å². The van der Waals surface area contributed by atoms with Gasteiger partial charge in [-0.3, -0.25) is 9.08 Å². The number of amides is 1. The summed E-state index contributed by atoms with van der Waals surface area (Å²) in [5.74, 6) is 0. The summed E-state index contributed by atoms with van der Waals surface area (Å²) < 4.78 is 33.4. The molecule has 1 aromatic carbocycles. The zero-order valence-electron chi connectivity index (χ0n) is 15.6. The third kappa shape index (κ3) is 5.96. The van der Waals surface area contributed by atoms with Crippen LogP contribution in [0, 0.1) is 0 Å². The van der Waals surface area contributed by atoms with Gasteiger partial charge in [0.05, 0.1) is 12.4 Å². The van der Waals surface area contributed by atoms with Gasteiger partial charge in [0.1, 0.15) is 11.3 Å². The van der Waals surface area contributed by atoms with E-state index in [1.165, 1.54) is 4.90 Å². The van der Waals surface area contributed by atoms with Crippen molar-refractivity contribution in [1.29, 1.82) is 0 Å². The minimum atomic E-state index is -3.66. The van der Waals surface area contributed by atoms with E-state index in [-0.39, 0.29) is 19.4 Å². The number of hydrogen-bond acceptors (Lipinski definition) is 6. The Morgan fingerprint density at radius 1 is 1.31 bits per heavy atom. The van der Waals surface area contributed by atoms with Gasteiger partial charge in [-0.2, -0.15) is 8.42 Å². The van der Waals surface area contributed by atoms with E-state index in [1.54, 1.807) is 20.8 Å². The highest BCUT2D eigenvalue weighted by atomic mass is 32.2. The second kappa shape index (κ2) is 7.54. The quantitative estimate of drug-likeness (QED) is 0.800. The number of piperidine rings is 1. The standard InChI is InChI=1S/C18H27NO6S/c1-17(2,3)24-16(20)19-11-10-15(25-26(4,22)23)13-18(19,21)12-14-8-6-5-7-9-14/h5-9,15,21H,10-13H2,1-4H3/t15-,18-/m1/s1. The van der Waals surface area contributed by atoms with E-state index in [0.29, 0.717) is 6.42 Å². The molecule has 1 aliphatic rings. The van der Waals surface area contributed by atoms with Gasteiger partial charge in [0.25, 0.3) is 10.1 Å². The second-order valence-electron chi connectivity index (χ2n) is 7.69. The lowest BCUT2D eigenvalue weighted by Gasteiger charge is -2.45. The Labute approximate surface area is 155 Å². The van der Waals surface area contributed by atoms with Crippen LogP contribution in [0.4, 0.5) is 4.79 Å². The van der Waals surface area contributed by atoms with Crippen molar-refractivity contribution in [3.8, 4) is 0 Å². The van der Waals surface area contributed by atoms with Gasteiger partial charge in [0.15, 0.2) is 0 Å². The van der Waals surface area contributed by atoms with E-state index in [0.717, 1.165) is 11.8 Å². The topological polar surface area (TPSA) is 93.1 Å². The summed E-state index contributed by atoms with van der Waals surface area (Å²) in [4.78, 5) is 13.9. The molecule has 1 saturated heterocycles. The van der Waals surface area contributed by atoms with Crippen molar-refractivity contribution in [2.45, 2.75) is 57.5 Å². The average molecular weight is 385 g/mol. The first-order valence-electron chi connectivity index (χ1n) is 8.53. The molecule has 1 heterocycles. The molecule has 0 unspecified atom stereocenters. The summed E-state index contributed by atoms with van der Waals surface area (Å²) in [6, 6.07) is 9.21. The Bertz CT molecular complexity index is 728. The summed E-state index contributed by atoms with van der Waals surface area (Å²) in [7, 11) is -3.66. The van der Waals surface area contributed by atoms with Gasteiger partial charge in [0, 0.05) is 19.4 Å². The van der Waals surface area contributed by atoms with E-state index in [1.807, 2.05) is 30.3 Å². The smallest absolute Gasteiger partial charge is 0.412 e. The van der Waals surface area contributed by atoms with Gasteiger partial charge < -0.3 is 9.84 Å². The molecule has 1 fully saturated rings. The first-order valence-corrected chi connectivity index (χ1v) is 10.3. The second-order valence-corrected chi connectivity index (χ2v) is 9.29. The minimum absolute atomic E-state index is 0.0196. The first-order chi connectivity index (χ1) is 11.9. The molecule has 2 atom stereocenters. The van der Waals surface area contributed by atoms with Crippen LogP contribution in [-0.2, 0) is 25.5 Å². The Morgan fingerprint density at radius 2 is 1.92 bits per heavy atom. The lowest BCUT2D eigenvalue weighted by molar-refractivity contribution is -0.146. The van der Waals surface area contributed by atoms with Gasteiger partial charge in [-0.05, 0) is 32.8 Å². The van der Waals surface area contributed by atoms with Gasteiger partial charge >= 0.3 is 6.09 Å². The van der Waals surface area contributed by atoms with Gasteiger partial charge in [-0.15, -0.1) is 0 Å². The van der Waals surface area contributed by atoms with E-state index >= 15 is 0 Å². The van der Waals surface area contributed by atoms with Crippen LogP contribution >= 0.6 is 0 Å². The molecule has 1 N–H and O–H groups in total. The fourth-order valence-corrected chi connectivity index (χ4v) is 3.71. The van der Waals surface area contributed by atoms with E-state index < -0.39 is 33.6 Å². The van der Waals surface area contributed by atoms with Crippen molar-refractivity contribution in [3.63, 3.8) is 0 Å². The molecule has 0 spiro atoms. The highest BCUT2D eigenvalue weighted by Gasteiger charge is 2.46. The number of carbonyl (C=O) groups excluding carboxylic acids is 1. The predicted molar refractivity (Wildman–Crippen MR) is 97.0 cm³/mol. The highest BCUT2D eigenvalue weighted by molar-refractivity contribution is 7.86. The van der Waals surface area contributed by atoms with Crippen LogP contribution in [-0.4, -0.2) is 54.7 Å². The molecule has 0 saturated carbocycles. The molecule has 1 amide bonds. The van der Waals surface area contributed by atoms with E-state index in [2.05, 4.69) is 0 Å². The molecule has 0 radical (unpaired) electrons. The van der Waals surface area contributed by atoms with Crippen LogP contribution in [0.2, 0.25) is 0 Å². The SMILES string of the molecule is CC(C)(C)OC(=O)N1CC[C@@H](OS(C)(=O)=O)C[C@]1(O)Cc1ccccc1. The van der Waals surface area contributed by atoms with Crippen molar-refractivity contribution in [2.24, 2.45) is 0 Å². The minimum Gasteiger partial charge on any atom is -0.444 e. The van der Waals surface area contributed by atoms with Gasteiger partial charge in [-0.1, -0.05) is 30.3 Å². The Hall–Kier alpha value is -1.64. The molecule has 1 aromatic rings. The predicted octanol–water partition coefficient (Wildman–Crippen LogP) is 2.29. The average Bonchev–Trinajstić information content (AvgIpc) is 2.44. The van der Waals surface area contributed by atoms with Crippen molar-refractivity contribution < 1.29 is 27.2 Å². The maximum absolute atomic E-state index is 12.6. The molecule has 146 valence electrons. The fraction of sp³-hybridized carbons (Fsp3) is 0.611. The summed E-state index contributed by atoms with van der Waals surface area (Å²) in [6.45, 7) is 5.39. The molecule has 7 nitrogen and oxygen atoms in total. The maximum Gasteiger partial charge on any atom is 0.412 e. The summed E-state index contributed by atoms with van der Waals surface area (Å²) in [5, 5.41) is 11.3. The van der Waals surface area contributed by atoms with Crippen LogP contribution in [0.3, 0.4) is 0 Å². The van der Waals surface area contributed by atoms with Crippen molar-refractivity contribution in [1.82, 2.24) is 4.90 Å². The largest absolute Gasteiger partial charge is 0.444 e. The fourth-order valence-electron chi connectivity index (χ4n) is 3.06. The number of ether oxygens (including phenoxy) is 1. The number of rotatable bonds is 4. The molecular weight excluding hydrogens is 358 g/mol. The van der Waals surface area contributed by atoms with Crippen LogP contribution < -0.4 is 0 Å². The molecule has 0 bridgehead atoms. The van der Waals surface area contributed by atoms with Crippen molar-refractivity contribution in [3.05, 3.63) is 35.9 Å². The first kappa shape index (κ1) is 20.7. The normalized spacial score (nSPS) is 24.3. The summed E-state index contributed by atoms with van der Waals surface area (Å²) >= 11 is 0. The zero-order chi connectivity index (χ0) is 19.6. The van der Waals surface area contributed by atoms with Crippen LogP contribution in [0.25, 0.3) is 0 Å². The zero-order valence-corrected chi connectivity index (χ0v) is 16.5. The molecule has 2 rings (SSSR count). The lowest BCUT2D eigenvalue weighted by Crippen LogP contribution is -2.60. The molecule has 26 heavy (non-hydrogen) atoms. The third-order valence-corrected chi connectivity index (χ3v) is 4.61. The maximum atomic E-state index is 12.6. The lowest BCUT2D eigenvalue weighted by atomic mass is 9.90. The van der Waals surface area contributed by atoms with E-state index in [4.69, 9.17) is 8.92 Å². The summed E-state index contributed by atoms with van der Waals surface area (Å²) in [6.07, 6.45) is 0.0730. The van der Waals surface area contributed by atoms with Crippen molar-refractivity contribution >= 4 is 16.2 Å². The molecule has 1 aliphatic heterocycles. The highest BCUT2D eigenvalue weighted by Crippen LogP contribution is 2.33. The van der Waals surface area contributed by atoms with E-state index in [9.17, 15) is 18.3 Å². The number of benzene rings is 1. The molecule has 0 aromatic heterocycles. The Kier molecular flexibility index (Phi) is 5.99. The number of nitrogens with zero attached hydrogens (tertiary/aromatic N) is 1. The van der Waals surface area contributed by atoms with Gasteiger partial charge in [-0.25, -0.2) is 4.79 Å².